The van der Waals surface area contributed by atoms with E-state index in [1.54, 1.807) is 0 Å². The third kappa shape index (κ3) is 4.70. The summed E-state index contributed by atoms with van der Waals surface area (Å²) in [5.41, 5.74) is 2.32. The third-order valence-electron chi connectivity index (χ3n) is 3.12. The molecule has 0 aliphatic carbocycles. The Morgan fingerprint density at radius 3 is 2.65 bits per heavy atom. The average molecular weight is 273 g/mol. The lowest BCUT2D eigenvalue weighted by molar-refractivity contribution is 0.313. The fraction of sp³-hybridized carbons (Fsp3) is 0.438. The highest BCUT2D eigenvalue weighted by Crippen LogP contribution is 2.07. The lowest BCUT2D eigenvalue weighted by Gasteiger charge is -2.08. The van der Waals surface area contributed by atoms with Crippen LogP contribution in [0.15, 0.2) is 36.4 Å². The van der Waals surface area contributed by atoms with Gasteiger partial charge >= 0.3 is 0 Å². The van der Waals surface area contributed by atoms with Crippen molar-refractivity contribution in [3.63, 3.8) is 0 Å². The second kappa shape index (κ2) is 7.70. The smallest absolute Gasteiger partial charge is 0.119 e. The predicted octanol–water partition coefficient (Wildman–Crippen LogP) is 2.56. The first-order valence-electron chi connectivity index (χ1n) is 7.15. The summed E-state index contributed by atoms with van der Waals surface area (Å²) in [6.45, 7) is 7.64. The standard InChI is InChI=1S/C16H23N3O/c1-14-13-15(2)19(18-14)11-6-9-17-10-12-20-16-7-4-3-5-8-16/h3-5,7-8,13,17H,6,9-12H2,1-2H3. The number of hydrogen-bond acceptors (Lipinski definition) is 3. The summed E-state index contributed by atoms with van der Waals surface area (Å²) < 4.78 is 7.68. The van der Waals surface area contributed by atoms with Gasteiger partial charge in [-0.2, -0.15) is 5.10 Å². The van der Waals surface area contributed by atoms with Crippen molar-refractivity contribution in [3.05, 3.63) is 47.8 Å². The maximum Gasteiger partial charge on any atom is 0.119 e. The van der Waals surface area contributed by atoms with Gasteiger partial charge in [-0.1, -0.05) is 18.2 Å². The summed E-state index contributed by atoms with van der Waals surface area (Å²) in [5, 5.41) is 7.83. The van der Waals surface area contributed by atoms with E-state index in [1.807, 2.05) is 37.3 Å². The SMILES string of the molecule is Cc1cc(C)n(CCCNCCOc2ccccc2)n1. The topological polar surface area (TPSA) is 39.1 Å². The Morgan fingerprint density at radius 2 is 1.95 bits per heavy atom. The van der Waals surface area contributed by atoms with Crippen LogP contribution in [0.2, 0.25) is 0 Å². The molecule has 1 N–H and O–H groups in total. The van der Waals surface area contributed by atoms with Crippen molar-refractivity contribution in [2.75, 3.05) is 19.7 Å². The van der Waals surface area contributed by atoms with Gasteiger partial charge in [-0.3, -0.25) is 4.68 Å². The zero-order chi connectivity index (χ0) is 14.2. The average Bonchev–Trinajstić information content (AvgIpc) is 2.77. The van der Waals surface area contributed by atoms with E-state index in [9.17, 15) is 0 Å². The van der Waals surface area contributed by atoms with E-state index in [4.69, 9.17) is 4.74 Å². The van der Waals surface area contributed by atoms with Gasteiger partial charge in [-0.05, 0) is 45.0 Å². The fourth-order valence-electron chi connectivity index (χ4n) is 2.14. The number of para-hydroxylation sites is 1. The van der Waals surface area contributed by atoms with Crippen LogP contribution in [-0.2, 0) is 6.54 Å². The molecule has 2 aromatic rings. The van der Waals surface area contributed by atoms with E-state index in [1.165, 1.54) is 5.69 Å². The van der Waals surface area contributed by atoms with E-state index in [-0.39, 0.29) is 0 Å². The molecule has 0 aliphatic rings. The van der Waals surface area contributed by atoms with Gasteiger partial charge < -0.3 is 10.1 Å². The molecule has 20 heavy (non-hydrogen) atoms. The van der Waals surface area contributed by atoms with Crippen LogP contribution in [0.3, 0.4) is 0 Å². The van der Waals surface area contributed by atoms with Crippen molar-refractivity contribution < 1.29 is 4.74 Å². The summed E-state index contributed by atoms with van der Waals surface area (Å²) in [6.07, 6.45) is 1.08. The normalized spacial score (nSPS) is 10.7. The van der Waals surface area contributed by atoms with Crippen LogP contribution < -0.4 is 10.1 Å². The van der Waals surface area contributed by atoms with E-state index >= 15 is 0 Å². The first kappa shape index (κ1) is 14.6. The largest absolute Gasteiger partial charge is 0.492 e. The Morgan fingerprint density at radius 1 is 1.15 bits per heavy atom. The second-order valence-corrected chi connectivity index (χ2v) is 4.92. The van der Waals surface area contributed by atoms with Gasteiger partial charge in [0, 0.05) is 18.8 Å². The Hall–Kier alpha value is -1.81. The molecule has 0 atom stereocenters. The van der Waals surface area contributed by atoms with Crippen LogP contribution in [0, 0.1) is 13.8 Å². The quantitative estimate of drug-likeness (QED) is 0.751. The van der Waals surface area contributed by atoms with Crippen LogP contribution in [-0.4, -0.2) is 29.5 Å². The fourth-order valence-corrected chi connectivity index (χ4v) is 2.14. The Kier molecular flexibility index (Phi) is 5.62. The molecule has 0 saturated heterocycles. The highest BCUT2D eigenvalue weighted by atomic mass is 16.5. The van der Waals surface area contributed by atoms with Crippen LogP contribution in [0.1, 0.15) is 17.8 Å². The monoisotopic (exact) mass is 273 g/mol. The summed E-state index contributed by atoms with van der Waals surface area (Å²) in [6, 6.07) is 12.0. The summed E-state index contributed by atoms with van der Waals surface area (Å²) in [7, 11) is 0. The van der Waals surface area contributed by atoms with Crippen molar-refractivity contribution in [2.45, 2.75) is 26.8 Å². The zero-order valence-electron chi connectivity index (χ0n) is 12.3. The zero-order valence-corrected chi connectivity index (χ0v) is 12.3. The molecule has 0 fully saturated rings. The van der Waals surface area contributed by atoms with Crippen molar-refractivity contribution in [2.24, 2.45) is 0 Å². The molecule has 1 heterocycles. The number of rotatable bonds is 8. The molecule has 108 valence electrons. The Balaban J connectivity index is 1.53. The maximum atomic E-state index is 5.61. The van der Waals surface area contributed by atoms with Crippen LogP contribution in [0.25, 0.3) is 0 Å². The van der Waals surface area contributed by atoms with E-state index in [2.05, 4.69) is 28.1 Å². The summed E-state index contributed by atoms with van der Waals surface area (Å²) in [5.74, 6) is 0.928. The van der Waals surface area contributed by atoms with E-state index < -0.39 is 0 Å². The molecule has 0 bridgehead atoms. The van der Waals surface area contributed by atoms with E-state index in [0.717, 1.165) is 37.5 Å². The molecule has 0 spiro atoms. The Bertz CT molecular complexity index is 508. The van der Waals surface area contributed by atoms with Gasteiger partial charge in [0.1, 0.15) is 12.4 Å². The molecule has 4 heteroatoms. The van der Waals surface area contributed by atoms with Crippen LogP contribution in [0.4, 0.5) is 0 Å². The minimum absolute atomic E-state index is 0.698. The van der Waals surface area contributed by atoms with Crippen LogP contribution >= 0.6 is 0 Å². The first-order chi connectivity index (χ1) is 9.75. The molecule has 0 saturated carbocycles. The molecule has 0 radical (unpaired) electrons. The van der Waals surface area contributed by atoms with Crippen molar-refractivity contribution in [3.8, 4) is 5.75 Å². The van der Waals surface area contributed by atoms with Crippen molar-refractivity contribution in [1.29, 1.82) is 0 Å². The third-order valence-corrected chi connectivity index (χ3v) is 3.12. The number of aryl methyl sites for hydroxylation is 3. The number of ether oxygens (including phenoxy) is 1. The van der Waals surface area contributed by atoms with Gasteiger partial charge in [-0.15, -0.1) is 0 Å². The lowest BCUT2D eigenvalue weighted by atomic mass is 10.3. The van der Waals surface area contributed by atoms with Gasteiger partial charge in [0.05, 0.1) is 5.69 Å². The number of nitrogens with zero attached hydrogens (tertiary/aromatic N) is 2. The van der Waals surface area contributed by atoms with Crippen molar-refractivity contribution >= 4 is 0 Å². The highest BCUT2D eigenvalue weighted by molar-refractivity contribution is 5.20. The second-order valence-electron chi connectivity index (χ2n) is 4.92. The number of aromatic nitrogens is 2. The Labute approximate surface area is 120 Å². The summed E-state index contributed by atoms with van der Waals surface area (Å²) >= 11 is 0. The number of benzene rings is 1. The molecule has 4 nitrogen and oxygen atoms in total. The van der Waals surface area contributed by atoms with Gasteiger partial charge in [0.15, 0.2) is 0 Å². The van der Waals surface area contributed by atoms with Gasteiger partial charge in [0.25, 0.3) is 0 Å². The molecule has 1 aromatic carbocycles. The minimum atomic E-state index is 0.698. The maximum absolute atomic E-state index is 5.61. The molecular weight excluding hydrogens is 250 g/mol. The predicted molar refractivity (Wildman–Crippen MR) is 81.1 cm³/mol. The van der Waals surface area contributed by atoms with Gasteiger partial charge in [-0.25, -0.2) is 0 Å². The summed E-state index contributed by atoms with van der Waals surface area (Å²) in [4.78, 5) is 0. The molecule has 0 aliphatic heterocycles. The number of nitrogens with one attached hydrogen (secondary N) is 1. The molecular formula is C16H23N3O. The van der Waals surface area contributed by atoms with E-state index in [0.29, 0.717) is 6.61 Å². The molecule has 0 unspecified atom stereocenters. The lowest BCUT2D eigenvalue weighted by Crippen LogP contribution is -2.23. The molecule has 0 amide bonds. The van der Waals surface area contributed by atoms with Gasteiger partial charge in [0.2, 0.25) is 0 Å². The number of hydrogen-bond donors (Lipinski definition) is 1. The van der Waals surface area contributed by atoms with Crippen LogP contribution in [0.5, 0.6) is 5.75 Å². The first-order valence-corrected chi connectivity index (χ1v) is 7.15. The highest BCUT2D eigenvalue weighted by Gasteiger charge is 1.99. The molecule has 1 aromatic heterocycles. The molecule has 2 rings (SSSR count). The minimum Gasteiger partial charge on any atom is -0.492 e. The van der Waals surface area contributed by atoms with Crippen molar-refractivity contribution in [1.82, 2.24) is 15.1 Å².